The van der Waals surface area contributed by atoms with Crippen LogP contribution in [0.15, 0.2) is 24.3 Å². The van der Waals surface area contributed by atoms with Gasteiger partial charge in [0.1, 0.15) is 11.5 Å². The number of carbonyl (C=O) groups is 2. The van der Waals surface area contributed by atoms with Crippen molar-refractivity contribution in [2.24, 2.45) is 10.8 Å². The lowest BCUT2D eigenvalue weighted by molar-refractivity contribution is -0.176. The number of hydrogen-bond donors (Lipinski definition) is 0. The minimum absolute atomic E-state index is 0.310. The Morgan fingerprint density at radius 2 is 1.68 bits per heavy atom. The van der Waals surface area contributed by atoms with Gasteiger partial charge in [0.15, 0.2) is 0 Å². The van der Waals surface area contributed by atoms with Crippen molar-refractivity contribution in [3.63, 3.8) is 0 Å². The molecule has 0 radical (unpaired) electrons. The monoisotopic (exact) mass is 304 g/mol. The molecule has 1 aliphatic heterocycles. The van der Waals surface area contributed by atoms with Gasteiger partial charge in [-0.3, -0.25) is 4.79 Å². The van der Waals surface area contributed by atoms with E-state index < -0.39 is 22.4 Å². The molecule has 0 amide bonds. The van der Waals surface area contributed by atoms with Crippen LogP contribution >= 0.6 is 0 Å². The zero-order valence-electron chi connectivity index (χ0n) is 13.3. The van der Waals surface area contributed by atoms with Crippen LogP contribution in [0.1, 0.15) is 33.6 Å². The standard InChI is InChI=1S/C17H20O5/c1-15(2)16(3)9-10-17(15,22-13(16)18)14(19)21-12-7-5-11(20-4)6-8-12/h5-8H,9-10H2,1-4H3/t16-,17-/m1/s1. The van der Waals surface area contributed by atoms with Gasteiger partial charge in [-0.1, -0.05) is 13.8 Å². The fourth-order valence-corrected chi connectivity index (χ4v) is 3.54. The lowest BCUT2D eigenvalue weighted by Gasteiger charge is -2.34. The summed E-state index contributed by atoms with van der Waals surface area (Å²) < 4.78 is 16.1. The molecule has 5 nitrogen and oxygen atoms in total. The van der Waals surface area contributed by atoms with Crippen molar-refractivity contribution < 1.29 is 23.8 Å². The minimum atomic E-state index is -1.20. The molecule has 1 aromatic carbocycles. The number of hydrogen-bond acceptors (Lipinski definition) is 5. The molecule has 2 atom stereocenters. The van der Waals surface area contributed by atoms with E-state index in [0.29, 0.717) is 24.3 Å². The Kier molecular flexibility index (Phi) is 3.03. The number of ether oxygens (including phenoxy) is 3. The third-order valence-electron chi connectivity index (χ3n) is 5.68. The molecule has 5 heteroatoms. The second kappa shape index (κ2) is 4.48. The highest BCUT2D eigenvalue weighted by atomic mass is 16.6. The van der Waals surface area contributed by atoms with Crippen molar-refractivity contribution in [1.29, 1.82) is 0 Å². The zero-order chi connectivity index (χ0) is 16.2. The van der Waals surface area contributed by atoms with E-state index in [4.69, 9.17) is 14.2 Å². The van der Waals surface area contributed by atoms with Crippen LogP contribution < -0.4 is 9.47 Å². The number of esters is 2. The van der Waals surface area contributed by atoms with E-state index in [1.165, 1.54) is 0 Å². The van der Waals surface area contributed by atoms with Gasteiger partial charge in [0.25, 0.3) is 0 Å². The first-order valence-corrected chi connectivity index (χ1v) is 7.37. The summed E-state index contributed by atoms with van der Waals surface area (Å²) in [5, 5.41) is 0. The number of rotatable bonds is 3. The molecule has 0 aromatic heterocycles. The smallest absolute Gasteiger partial charge is 0.356 e. The molecule has 118 valence electrons. The summed E-state index contributed by atoms with van der Waals surface area (Å²) in [5.74, 6) is 0.277. The number of carbonyl (C=O) groups excluding carboxylic acids is 2. The second-order valence-corrected chi connectivity index (χ2v) is 6.74. The summed E-state index contributed by atoms with van der Waals surface area (Å²) in [5.41, 5.74) is -2.43. The third-order valence-corrected chi connectivity index (χ3v) is 5.68. The highest BCUT2D eigenvalue weighted by Crippen LogP contribution is 2.65. The molecule has 3 rings (SSSR count). The Morgan fingerprint density at radius 1 is 1.09 bits per heavy atom. The molecular weight excluding hydrogens is 284 g/mol. The molecule has 1 saturated carbocycles. The summed E-state index contributed by atoms with van der Waals surface area (Å²) >= 11 is 0. The van der Waals surface area contributed by atoms with Crippen molar-refractivity contribution in [3.05, 3.63) is 24.3 Å². The molecule has 1 saturated heterocycles. The SMILES string of the molecule is COc1ccc(OC(=O)[C@@]23CC[C@](C)(C(=O)O2)C3(C)C)cc1. The molecule has 22 heavy (non-hydrogen) atoms. The molecule has 2 fully saturated rings. The van der Waals surface area contributed by atoms with E-state index in [1.54, 1.807) is 31.4 Å². The highest BCUT2D eigenvalue weighted by Gasteiger charge is 2.76. The Labute approximate surface area is 129 Å². The first-order valence-electron chi connectivity index (χ1n) is 7.37. The van der Waals surface area contributed by atoms with E-state index in [-0.39, 0.29) is 5.97 Å². The maximum atomic E-state index is 12.7. The lowest BCUT2D eigenvalue weighted by Crippen LogP contribution is -2.50. The maximum absolute atomic E-state index is 12.7. The van der Waals surface area contributed by atoms with E-state index in [1.807, 2.05) is 20.8 Å². The molecule has 1 heterocycles. The molecule has 2 bridgehead atoms. The molecule has 1 aliphatic carbocycles. The molecule has 0 unspecified atom stereocenters. The van der Waals surface area contributed by atoms with Crippen molar-refractivity contribution >= 4 is 11.9 Å². The molecule has 1 aromatic rings. The van der Waals surface area contributed by atoms with Crippen LogP contribution in [-0.2, 0) is 14.3 Å². The van der Waals surface area contributed by atoms with E-state index in [2.05, 4.69) is 0 Å². The van der Waals surface area contributed by atoms with Crippen molar-refractivity contribution in [1.82, 2.24) is 0 Å². The Balaban J connectivity index is 1.87. The molecule has 0 spiro atoms. The van der Waals surface area contributed by atoms with Crippen molar-refractivity contribution in [3.8, 4) is 11.5 Å². The third kappa shape index (κ3) is 1.65. The van der Waals surface area contributed by atoms with Crippen LogP contribution in [0, 0.1) is 10.8 Å². The van der Waals surface area contributed by atoms with Crippen LogP contribution in [0.3, 0.4) is 0 Å². The van der Waals surface area contributed by atoms with Crippen LogP contribution in [-0.4, -0.2) is 24.6 Å². The maximum Gasteiger partial charge on any atom is 0.356 e. The van der Waals surface area contributed by atoms with E-state index >= 15 is 0 Å². The van der Waals surface area contributed by atoms with Gasteiger partial charge in [0, 0.05) is 5.41 Å². The van der Waals surface area contributed by atoms with E-state index in [0.717, 1.165) is 0 Å². The van der Waals surface area contributed by atoms with Gasteiger partial charge in [0.05, 0.1) is 12.5 Å². The topological polar surface area (TPSA) is 61.8 Å². The van der Waals surface area contributed by atoms with Crippen LogP contribution in [0.4, 0.5) is 0 Å². The quantitative estimate of drug-likeness (QED) is 0.634. The summed E-state index contributed by atoms with van der Waals surface area (Å²) in [6.07, 6.45) is 1.13. The van der Waals surface area contributed by atoms with Crippen molar-refractivity contribution in [2.75, 3.05) is 7.11 Å². The first kappa shape index (κ1) is 14.9. The second-order valence-electron chi connectivity index (χ2n) is 6.74. The van der Waals surface area contributed by atoms with Gasteiger partial charge in [-0.2, -0.15) is 0 Å². The van der Waals surface area contributed by atoms with Gasteiger partial charge in [0.2, 0.25) is 5.60 Å². The highest BCUT2D eigenvalue weighted by molar-refractivity contribution is 5.94. The number of benzene rings is 1. The van der Waals surface area contributed by atoms with Crippen LogP contribution in [0.25, 0.3) is 0 Å². The average molecular weight is 304 g/mol. The summed E-state index contributed by atoms with van der Waals surface area (Å²) in [7, 11) is 1.57. The molecule has 0 N–H and O–H groups in total. The summed E-state index contributed by atoms with van der Waals surface area (Å²) in [6, 6.07) is 6.74. The summed E-state index contributed by atoms with van der Waals surface area (Å²) in [6.45, 7) is 5.67. The molecule has 2 aliphatic rings. The summed E-state index contributed by atoms with van der Waals surface area (Å²) in [4.78, 5) is 24.9. The normalized spacial score (nSPS) is 31.7. The predicted molar refractivity (Wildman–Crippen MR) is 78.6 cm³/mol. The fourth-order valence-electron chi connectivity index (χ4n) is 3.54. The van der Waals surface area contributed by atoms with Gasteiger partial charge in [-0.05, 0) is 44.0 Å². The first-order chi connectivity index (χ1) is 10.3. The average Bonchev–Trinajstić information content (AvgIpc) is 2.78. The van der Waals surface area contributed by atoms with E-state index in [9.17, 15) is 9.59 Å². The largest absolute Gasteiger partial charge is 0.497 e. The Hall–Kier alpha value is -2.04. The van der Waals surface area contributed by atoms with Gasteiger partial charge < -0.3 is 14.2 Å². The zero-order valence-corrected chi connectivity index (χ0v) is 13.3. The fraction of sp³-hybridized carbons (Fsp3) is 0.529. The number of fused-ring (bicyclic) bond motifs is 2. The van der Waals surface area contributed by atoms with Crippen LogP contribution in [0.5, 0.6) is 11.5 Å². The minimum Gasteiger partial charge on any atom is -0.497 e. The van der Waals surface area contributed by atoms with Gasteiger partial charge in [-0.15, -0.1) is 0 Å². The van der Waals surface area contributed by atoms with Crippen molar-refractivity contribution in [2.45, 2.75) is 39.2 Å². The Bertz CT molecular complexity index is 633. The Morgan fingerprint density at radius 3 is 2.14 bits per heavy atom. The predicted octanol–water partition coefficient (Wildman–Crippen LogP) is 2.72. The number of methoxy groups -OCH3 is 1. The van der Waals surface area contributed by atoms with Crippen LogP contribution in [0.2, 0.25) is 0 Å². The lowest BCUT2D eigenvalue weighted by atomic mass is 9.66. The molecular formula is C17H20O5. The van der Waals surface area contributed by atoms with Gasteiger partial charge >= 0.3 is 11.9 Å². The van der Waals surface area contributed by atoms with Gasteiger partial charge in [-0.25, -0.2) is 4.79 Å².